The highest BCUT2D eigenvalue weighted by atomic mass is 35.5. The SMILES string of the molecule is C/C=C(\CC)Oc1cc([C@H]2CSc3ncc(C(=O)N4CCN(C/C(C)=C(\Cl)CC)C(=O)C4)n32)ccc1C#N.CC. The van der Waals surface area contributed by atoms with Crippen molar-refractivity contribution >= 4 is 35.2 Å². The van der Waals surface area contributed by atoms with Crippen LogP contribution in [-0.2, 0) is 4.79 Å². The van der Waals surface area contributed by atoms with Gasteiger partial charge in [-0.2, -0.15) is 5.26 Å². The predicted octanol–water partition coefficient (Wildman–Crippen LogP) is 6.38. The van der Waals surface area contributed by atoms with Gasteiger partial charge in [-0.1, -0.05) is 57.1 Å². The number of nitrogens with zero attached hydrogens (tertiary/aromatic N) is 5. The number of aromatic nitrogens is 2. The highest BCUT2D eigenvalue weighted by Crippen LogP contribution is 2.40. The van der Waals surface area contributed by atoms with E-state index in [2.05, 4.69) is 11.1 Å². The average molecular weight is 584 g/mol. The molecule has 0 unspecified atom stereocenters. The molecule has 0 bridgehead atoms. The van der Waals surface area contributed by atoms with Gasteiger partial charge < -0.3 is 19.1 Å². The molecule has 0 aliphatic carbocycles. The van der Waals surface area contributed by atoms with Crippen LogP contribution in [0.5, 0.6) is 5.75 Å². The molecule has 2 amide bonds. The van der Waals surface area contributed by atoms with Gasteiger partial charge in [0.1, 0.15) is 24.1 Å². The molecule has 1 saturated heterocycles. The summed E-state index contributed by atoms with van der Waals surface area (Å²) in [5.74, 6) is 1.68. The molecule has 0 radical (unpaired) electrons. The molecule has 8 nitrogen and oxygen atoms in total. The maximum absolute atomic E-state index is 13.6. The topological polar surface area (TPSA) is 91.5 Å². The quantitative estimate of drug-likeness (QED) is 0.335. The third-order valence-corrected chi connectivity index (χ3v) is 8.53. The Kier molecular flexibility index (Phi) is 11.3. The van der Waals surface area contributed by atoms with E-state index < -0.39 is 0 Å². The minimum absolute atomic E-state index is 0.0200. The van der Waals surface area contributed by atoms with Crippen molar-refractivity contribution in [3.8, 4) is 11.8 Å². The van der Waals surface area contributed by atoms with Crippen LogP contribution in [0.15, 0.2) is 52.0 Å². The summed E-state index contributed by atoms with van der Waals surface area (Å²) in [6.45, 7) is 13.2. The predicted molar refractivity (Wildman–Crippen MR) is 160 cm³/mol. The highest BCUT2D eigenvalue weighted by molar-refractivity contribution is 7.99. The lowest BCUT2D eigenvalue weighted by Gasteiger charge is -2.35. The van der Waals surface area contributed by atoms with Gasteiger partial charge in [-0.15, -0.1) is 0 Å². The number of fused-ring (bicyclic) bond motifs is 1. The highest BCUT2D eigenvalue weighted by Gasteiger charge is 2.35. The average Bonchev–Trinajstić information content (AvgIpc) is 3.59. The number of carbonyl (C=O) groups is 2. The Morgan fingerprint density at radius 3 is 2.65 bits per heavy atom. The van der Waals surface area contributed by atoms with Crippen LogP contribution in [0.3, 0.4) is 0 Å². The van der Waals surface area contributed by atoms with Crippen molar-refractivity contribution in [1.82, 2.24) is 19.4 Å². The standard InChI is InChI=1S/C28H32ClN5O3S.C2H6/c1-5-21(6-2)37-25-12-19(8-9-20(25)13-30)24-17-38-28-31-14-23(34(24)28)27(36)33-11-10-32(26(35)16-33)15-18(4)22(29)7-3;1-2/h5,8-9,12,14,24H,6-7,10-11,15-17H2,1-4H3;1-2H3/b21-5+,22-18-;/t24-;/m1./s1. The Labute approximate surface area is 246 Å². The van der Waals surface area contributed by atoms with Gasteiger partial charge in [0, 0.05) is 36.8 Å². The third kappa shape index (κ3) is 6.73. The fourth-order valence-corrected chi connectivity index (χ4v) is 5.87. The molecule has 1 fully saturated rings. The molecule has 1 atom stereocenters. The molecule has 1 aromatic heterocycles. The second-order valence-corrected chi connectivity index (χ2v) is 10.7. The Morgan fingerprint density at radius 2 is 2.02 bits per heavy atom. The normalized spacial score (nSPS) is 17.5. The number of imidazole rings is 1. The molecule has 0 saturated carbocycles. The van der Waals surface area contributed by atoms with Crippen LogP contribution in [-0.4, -0.2) is 63.1 Å². The molecule has 2 aromatic rings. The third-order valence-electron chi connectivity index (χ3n) is 6.89. The van der Waals surface area contributed by atoms with Crippen LogP contribution in [0.4, 0.5) is 0 Å². The summed E-state index contributed by atoms with van der Waals surface area (Å²) in [6.07, 6.45) is 4.93. The number of rotatable bonds is 8. The summed E-state index contributed by atoms with van der Waals surface area (Å²) in [7, 11) is 0. The van der Waals surface area contributed by atoms with E-state index in [1.165, 1.54) is 0 Å². The van der Waals surface area contributed by atoms with Gasteiger partial charge in [-0.3, -0.25) is 9.59 Å². The smallest absolute Gasteiger partial charge is 0.272 e. The molecule has 2 aliphatic heterocycles. The van der Waals surface area contributed by atoms with E-state index in [4.69, 9.17) is 16.3 Å². The van der Waals surface area contributed by atoms with E-state index in [1.54, 1.807) is 33.8 Å². The fraction of sp³-hybridized carbons (Fsp3) is 0.467. The zero-order valence-corrected chi connectivity index (χ0v) is 25.7. The number of halogens is 1. The lowest BCUT2D eigenvalue weighted by atomic mass is 10.0. The summed E-state index contributed by atoms with van der Waals surface area (Å²) in [5.41, 5.74) is 2.81. The van der Waals surface area contributed by atoms with Crippen LogP contribution in [0.1, 0.15) is 82.0 Å². The van der Waals surface area contributed by atoms with Crippen molar-refractivity contribution in [2.24, 2.45) is 0 Å². The van der Waals surface area contributed by atoms with E-state index >= 15 is 0 Å². The maximum atomic E-state index is 13.6. The van der Waals surface area contributed by atoms with Crippen LogP contribution in [0, 0.1) is 11.3 Å². The molecule has 3 heterocycles. The van der Waals surface area contributed by atoms with Gasteiger partial charge in [0.2, 0.25) is 5.91 Å². The Morgan fingerprint density at radius 1 is 1.27 bits per heavy atom. The minimum Gasteiger partial charge on any atom is -0.461 e. The Hall–Kier alpha value is -3.22. The minimum atomic E-state index is -0.213. The number of allylic oxidation sites excluding steroid dienone is 3. The summed E-state index contributed by atoms with van der Waals surface area (Å²) in [6, 6.07) is 7.59. The zero-order chi connectivity index (χ0) is 29.4. The lowest BCUT2D eigenvalue weighted by molar-refractivity contribution is -0.134. The van der Waals surface area contributed by atoms with Crippen molar-refractivity contribution in [3.63, 3.8) is 0 Å². The number of benzene rings is 1. The van der Waals surface area contributed by atoms with E-state index in [9.17, 15) is 14.9 Å². The first-order valence-corrected chi connectivity index (χ1v) is 15.2. The van der Waals surface area contributed by atoms with E-state index in [0.29, 0.717) is 48.8 Å². The molecule has 0 N–H and O–H groups in total. The Bertz CT molecular complexity index is 1340. The van der Waals surface area contributed by atoms with Crippen molar-refractivity contribution in [2.75, 3.05) is 31.9 Å². The largest absolute Gasteiger partial charge is 0.461 e. The molecule has 10 heteroatoms. The van der Waals surface area contributed by atoms with E-state index in [0.717, 1.165) is 33.5 Å². The fourth-order valence-electron chi connectivity index (χ4n) is 4.67. The van der Waals surface area contributed by atoms with Gasteiger partial charge in [0.25, 0.3) is 5.91 Å². The molecule has 214 valence electrons. The van der Waals surface area contributed by atoms with Gasteiger partial charge in [-0.05, 0) is 49.6 Å². The number of piperazine rings is 1. The number of nitriles is 1. The summed E-state index contributed by atoms with van der Waals surface area (Å²) in [4.78, 5) is 34.3. The summed E-state index contributed by atoms with van der Waals surface area (Å²) in [5, 5.41) is 11.1. The Balaban J connectivity index is 0.00000216. The summed E-state index contributed by atoms with van der Waals surface area (Å²) < 4.78 is 7.97. The second-order valence-electron chi connectivity index (χ2n) is 9.28. The molecule has 0 spiro atoms. The first kappa shape index (κ1) is 31.3. The number of amides is 2. The van der Waals surface area contributed by atoms with Gasteiger partial charge in [0.05, 0.1) is 23.6 Å². The number of hydrogen-bond acceptors (Lipinski definition) is 6. The summed E-state index contributed by atoms with van der Waals surface area (Å²) >= 11 is 7.83. The monoisotopic (exact) mass is 583 g/mol. The number of ether oxygens (including phenoxy) is 1. The molecule has 1 aromatic carbocycles. The second kappa shape index (κ2) is 14.4. The first-order chi connectivity index (χ1) is 19.3. The number of hydrogen-bond donors (Lipinski definition) is 0. The van der Waals surface area contributed by atoms with Crippen molar-refractivity contribution in [1.29, 1.82) is 5.26 Å². The van der Waals surface area contributed by atoms with Crippen LogP contribution >= 0.6 is 23.4 Å². The van der Waals surface area contributed by atoms with Crippen molar-refractivity contribution in [3.05, 3.63) is 63.7 Å². The molecule has 4 rings (SSSR count). The van der Waals surface area contributed by atoms with Crippen molar-refractivity contribution in [2.45, 2.75) is 65.6 Å². The lowest BCUT2D eigenvalue weighted by Crippen LogP contribution is -2.52. The molecule has 40 heavy (non-hydrogen) atoms. The van der Waals surface area contributed by atoms with E-state index in [-0.39, 0.29) is 24.4 Å². The maximum Gasteiger partial charge on any atom is 0.272 e. The van der Waals surface area contributed by atoms with Crippen LogP contribution in [0.25, 0.3) is 0 Å². The molecular formula is C30H38ClN5O3S. The van der Waals surface area contributed by atoms with Gasteiger partial charge in [-0.25, -0.2) is 4.98 Å². The van der Waals surface area contributed by atoms with Crippen LogP contribution < -0.4 is 4.74 Å². The molecule has 2 aliphatic rings. The van der Waals surface area contributed by atoms with E-state index in [1.807, 2.05) is 64.3 Å². The molecular weight excluding hydrogens is 546 g/mol. The number of carbonyl (C=O) groups excluding carboxylic acids is 2. The van der Waals surface area contributed by atoms with Gasteiger partial charge >= 0.3 is 0 Å². The zero-order valence-electron chi connectivity index (χ0n) is 24.2. The van der Waals surface area contributed by atoms with Crippen molar-refractivity contribution < 1.29 is 14.3 Å². The van der Waals surface area contributed by atoms with Crippen LogP contribution in [0.2, 0.25) is 0 Å². The van der Waals surface area contributed by atoms with Gasteiger partial charge in [0.15, 0.2) is 5.16 Å². The first-order valence-electron chi connectivity index (χ1n) is 13.8. The number of thioether (sulfide) groups is 1.